The van der Waals surface area contributed by atoms with Gasteiger partial charge in [-0.25, -0.2) is 0 Å². The van der Waals surface area contributed by atoms with Crippen LogP contribution in [0.2, 0.25) is 0 Å². The normalized spacial score (nSPS) is 27.0. The number of aliphatic hydroxyl groups excluding tert-OH is 1. The molecule has 2 rings (SSSR count). The SMILES string of the molecule is C=C(C)[C@@H]1CC[C@@](COC)(CC(=O)O)C[C@H]1c1ccc(CO)cc1. The summed E-state index contributed by atoms with van der Waals surface area (Å²) >= 11 is 0. The number of ether oxygens (including phenoxy) is 1. The van der Waals surface area contributed by atoms with Crippen molar-refractivity contribution >= 4 is 5.97 Å². The van der Waals surface area contributed by atoms with Crippen molar-refractivity contribution in [3.05, 3.63) is 47.5 Å². The molecule has 0 aromatic heterocycles. The van der Waals surface area contributed by atoms with E-state index in [0.29, 0.717) is 12.5 Å². The molecule has 132 valence electrons. The summed E-state index contributed by atoms with van der Waals surface area (Å²) in [7, 11) is 1.64. The molecular weight excluding hydrogens is 304 g/mol. The van der Waals surface area contributed by atoms with E-state index in [1.807, 2.05) is 12.1 Å². The summed E-state index contributed by atoms with van der Waals surface area (Å²) in [4.78, 5) is 11.4. The second-order valence-electron chi connectivity index (χ2n) is 7.21. The Kier molecular flexibility index (Phi) is 6.19. The third kappa shape index (κ3) is 4.25. The monoisotopic (exact) mass is 332 g/mol. The second-order valence-corrected chi connectivity index (χ2v) is 7.21. The van der Waals surface area contributed by atoms with E-state index in [1.165, 1.54) is 5.56 Å². The van der Waals surface area contributed by atoms with Gasteiger partial charge in [0.15, 0.2) is 0 Å². The highest BCUT2D eigenvalue weighted by molar-refractivity contribution is 5.67. The lowest BCUT2D eigenvalue weighted by Gasteiger charge is -2.44. The molecule has 0 saturated heterocycles. The molecule has 1 aromatic rings. The minimum atomic E-state index is -0.768. The Morgan fingerprint density at radius 2 is 2.04 bits per heavy atom. The Labute approximate surface area is 144 Å². The van der Waals surface area contributed by atoms with Crippen LogP contribution in [0.4, 0.5) is 0 Å². The van der Waals surface area contributed by atoms with Gasteiger partial charge in [0.1, 0.15) is 0 Å². The van der Waals surface area contributed by atoms with Gasteiger partial charge in [-0.1, -0.05) is 36.4 Å². The molecule has 0 aliphatic heterocycles. The minimum Gasteiger partial charge on any atom is -0.481 e. The van der Waals surface area contributed by atoms with E-state index in [1.54, 1.807) is 7.11 Å². The first-order valence-corrected chi connectivity index (χ1v) is 8.46. The van der Waals surface area contributed by atoms with Crippen LogP contribution in [0.5, 0.6) is 0 Å². The summed E-state index contributed by atoms with van der Waals surface area (Å²) < 4.78 is 5.38. The van der Waals surface area contributed by atoms with Crippen molar-refractivity contribution in [3.8, 4) is 0 Å². The van der Waals surface area contributed by atoms with Gasteiger partial charge in [0.25, 0.3) is 0 Å². The molecule has 0 unspecified atom stereocenters. The predicted molar refractivity (Wildman–Crippen MR) is 93.8 cm³/mol. The van der Waals surface area contributed by atoms with E-state index in [2.05, 4.69) is 25.6 Å². The fourth-order valence-corrected chi connectivity index (χ4v) is 4.15. The molecule has 1 aliphatic carbocycles. The van der Waals surface area contributed by atoms with Crippen LogP contribution in [0.1, 0.15) is 49.7 Å². The zero-order valence-corrected chi connectivity index (χ0v) is 14.6. The zero-order valence-electron chi connectivity index (χ0n) is 14.6. The first-order valence-electron chi connectivity index (χ1n) is 8.46. The van der Waals surface area contributed by atoms with Gasteiger partial charge in [-0.2, -0.15) is 0 Å². The summed E-state index contributed by atoms with van der Waals surface area (Å²) in [6, 6.07) is 7.98. The van der Waals surface area contributed by atoms with Crippen molar-refractivity contribution in [1.82, 2.24) is 0 Å². The van der Waals surface area contributed by atoms with Gasteiger partial charge >= 0.3 is 5.97 Å². The Bertz CT molecular complexity index is 578. The van der Waals surface area contributed by atoms with Crippen LogP contribution in [-0.4, -0.2) is 29.9 Å². The number of carboxylic acid groups (broad SMARTS) is 1. The topological polar surface area (TPSA) is 66.8 Å². The van der Waals surface area contributed by atoms with Crippen LogP contribution in [0.25, 0.3) is 0 Å². The average molecular weight is 332 g/mol. The molecule has 4 heteroatoms. The number of rotatable bonds is 7. The summed E-state index contributed by atoms with van der Waals surface area (Å²) in [5.41, 5.74) is 2.89. The first-order chi connectivity index (χ1) is 11.4. The molecular formula is C20H28O4. The number of carboxylic acids is 1. The lowest BCUT2D eigenvalue weighted by molar-refractivity contribution is -0.142. The molecule has 24 heavy (non-hydrogen) atoms. The van der Waals surface area contributed by atoms with Crippen LogP contribution in [-0.2, 0) is 16.1 Å². The number of aliphatic carboxylic acids is 1. The smallest absolute Gasteiger partial charge is 0.303 e. The molecule has 1 aliphatic rings. The maximum atomic E-state index is 11.4. The van der Waals surface area contributed by atoms with Crippen molar-refractivity contribution in [1.29, 1.82) is 0 Å². The van der Waals surface area contributed by atoms with Crippen LogP contribution in [0.3, 0.4) is 0 Å². The molecule has 2 N–H and O–H groups in total. The van der Waals surface area contributed by atoms with Crippen LogP contribution < -0.4 is 0 Å². The summed E-state index contributed by atoms with van der Waals surface area (Å²) in [5, 5.41) is 18.6. The quantitative estimate of drug-likeness (QED) is 0.746. The van der Waals surface area contributed by atoms with Crippen molar-refractivity contribution in [3.63, 3.8) is 0 Å². The van der Waals surface area contributed by atoms with E-state index >= 15 is 0 Å². The minimum absolute atomic E-state index is 0.0293. The van der Waals surface area contributed by atoms with Gasteiger partial charge in [-0.3, -0.25) is 4.79 Å². The molecule has 0 radical (unpaired) electrons. The average Bonchev–Trinajstić information content (AvgIpc) is 2.54. The summed E-state index contributed by atoms with van der Waals surface area (Å²) in [6.07, 6.45) is 2.69. The lowest BCUT2D eigenvalue weighted by atomic mass is 9.61. The Balaban J connectivity index is 2.33. The van der Waals surface area contributed by atoms with Gasteiger partial charge in [0, 0.05) is 12.5 Å². The lowest BCUT2D eigenvalue weighted by Crippen LogP contribution is -2.38. The largest absolute Gasteiger partial charge is 0.481 e. The second kappa shape index (κ2) is 7.95. The Hall–Kier alpha value is -1.65. The highest BCUT2D eigenvalue weighted by Gasteiger charge is 2.43. The molecule has 0 heterocycles. The summed E-state index contributed by atoms with van der Waals surface area (Å²) in [6.45, 7) is 6.71. The number of allylic oxidation sites excluding steroid dienone is 1. The molecule has 0 bridgehead atoms. The van der Waals surface area contributed by atoms with Crippen molar-refractivity contribution in [2.45, 2.75) is 45.1 Å². The van der Waals surface area contributed by atoms with Crippen LogP contribution in [0, 0.1) is 11.3 Å². The van der Waals surface area contributed by atoms with Gasteiger partial charge < -0.3 is 14.9 Å². The predicted octanol–water partition coefficient (Wildman–Crippen LogP) is 3.75. The number of methoxy groups -OCH3 is 1. The number of carbonyl (C=O) groups is 1. The van der Waals surface area contributed by atoms with E-state index < -0.39 is 5.97 Å². The fraction of sp³-hybridized carbons (Fsp3) is 0.550. The van der Waals surface area contributed by atoms with Gasteiger partial charge in [-0.05, 0) is 49.1 Å². The highest BCUT2D eigenvalue weighted by atomic mass is 16.5. The highest BCUT2D eigenvalue weighted by Crippen LogP contribution is 2.51. The third-order valence-corrected chi connectivity index (χ3v) is 5.32. The summed E-state index contributed by atoms with van der Waals surface area (Å²) in [5.74, 6) is -0.183. The van der Waals surface area contributed by atoms with Crippen LogP contribution >= 0.6 is 0 Å². The molecule has 0 spiro atoms. The van der Waals surface area contributed by atoms with E-state index in [0.717, 1.165) is 30.4 Å². The molecule has 1 aromatic carbocycles. The first kappa shape index (κ1) is 18.7. The number of hydrogen-bond donors (Lipinski definition) is 2. The maximum Gasteiger partial charge on any atom is 0.303 e. The van der Waals surface area contributed by atoms with E-state index in [9.17, 15) is 15.0 Å². The van der Waals surface area contributed by atoms with E-state index in [-0.39, 0.29) is 24.4 Å². The zero-order chi connectivity index (χ0) is 17.7. The maximum absolute atomic E-state index is 11.4. The van der Waals surface area contributed by atoms with Crippen molar-refractivity contribution in [2.24, 2.45) is 11.3 Å². The van der Waals surface area contributed by atoms with Crippen molar-refractivity contribution < 1.29 is 19.7 Å². The number of benzene rings is 1. The van der Waals surface area contributed by atoms with Crippen LogP contribution in [0.15, 0.2) is 36.4 Å². The number of hydrogen-bond acceptors (Lipinski definition) is 3. The standard InChI is InChI=1S/C20H28O4/c1-14(2)17-8-9-20(13-24-3,11-19(22)23)10-18(17)16-6-4-15(12-21)5-7-16/h4-7,17-18,21H,1,8-13H2,2-3H3,(H,22,23)/t17-,18-,20-/m0/s1. The van der Waals surface area contributed by atoms with E-state index in [4.69, 9.17) is 4.74 Å². The molecule has 1 saturated carbocycles. The third-order valence-electron chi connectivity index (χ3n) is 5.32. The Morgan fingerprint density at radius 1 is 1.38 bits per heavy atom. The number of aliphatic hydroxyl groups is 1. The molecule has 0 amide bonds. The molecule has 4 nitrogen and oxygen atoms in total. The van der Waals surface area contributed by atoms with Gasteiger partial charge in [-0.15, -0.1) is 0 Å². The van der Waals surface area contributed by atoms with Gasteiger partial charge in [0.05, 0.1) is 19.6 Å². The fourth-order valence-electron chi connectivity index (χ4n) is 4.15. The molecule has 3 atom stereocenters. The van der Waals surface area contributed by atoms with Gasteiger partial charge in [0.2, 0.25) is 0 Å². The Morgan fingerprint density at radius 3 is 2.54 bits per heavy atom. The van der Waals surface area contributed by atoms with Crippen molar-refractivity contribution in [2.75, 3.05) is 13.7 Å². The molecule has 1 fully saturated rings.